The highest BCUT2D eigenvalue weighted by Gasteiger charge is 2.12. The van der Waals surface area contributed by atoms with Crippen LogP contribution in [0, 0.1) is 0 Å². The van der Waals surface area contributed by atoms with Crippen molar-refractivity contribution in [3.8, 4) is 11.5 Å². The van der Waals surface area contributed by atoms with Gasteiger partial charge in [0, 0.05) is 12.5 Å². The van der Waals surface area contributed by atoms with Crippen LogP contribution in [0.1, 0.15) is 31.7 Å². The number of ether oxygens (including phenoxy) is 2. The van der Waals surface area contributed by atoms with Gasteiger partial charge >= 0.3 is 5.97 Å². The maximum atomic E-state index is 10.9. The summed E-state index contributed by atoms with van der Waals surface area (Å²) in [5, 5.41) is 8.92. The summed E-state index contributed by atoms with van der Waals surface area (Å²) in [7, 11) is 0. The van der Waals surface area contributed by atoms with E-state index >= 15 is 0 Å². The molecule has 1 heterocycles. The quantitative estimate of drug-likeness (QED) is 0.847. The van der Waals surface area contributed by atoms with Gasteiger partial charge in [-0.1, -0.05) is 19.4 Å². The first-order valence-corrected chi connectivity index (χ1v) is 6.54. The van der Waals surface area contributed by atoms with Crippen molar-refractivity contribution >= 4 is 11.5 Å². The molecule has 0 fully saturated rings. The van der Waals surface area contributed by atoms with Crippen molar-refractivity contribution < 1.29 is 19.4 Å². The maximum Gasteiger partial charge on any atom is 0.328 e. The summed E-state index contributed by atoms with van der Waals surface area (Å²) in [6.07, 6.45) is 3.75. The molecule has 0 amide bonds. The zero-order valence-corrected chi connectivity index (χ0v) is 11.0. The summed E-state index contributed by atoms with van der Waals surface area (Å²) >= 11 is 0. The second-order valence-electron chi connectivity index (χ2n) is 4.47. The first kappa shape index (κ1) is 13.5. The molecule has 0 aromatic heterocycles. The lowest BCUT2D eigenvalue weighted by Crippen LogP contribution is -1.97. The molecule has 0 aliphatic carbocycles. The van der Waals surface area contributed by atoms with Gasteiger partial charge in [-0.2, -0.15) is 0 Å². The SMILES string of the molecule is CCC/C(=C\C(=O)O)c1ccc2c(c1)OCCCO2. The van der Waals surface area contributed by atoms with Gasteiger partial charge in [0.1, 0.15) is 0 Å². The Labute approximate surface area is 112 Å². The summed E-state index contributed by atoms with van der Waals surface area (Å²) in [5.74, 6) is 0.505. The van der Waals surface area contributed by atoms with Gasteiger partial charge in [0.2, 0.25) is 0 Å². The molecule has 102 valence electrons. The number of carbonyl (C=O) groups is 1. The fourth-order valence-corrected chi connectivity index (χ4v) is 2.08. The summed E-state index contributed by atoms with van der Waals surface area (Å²) in [6.45, 7) is 3.31. The highest BCUT2D eigenvalue weighted by atomic mass is 16.5. The second-order valence-corrected chi connectivity index (χ2v) is 4.47. The van der Waals surface area contributed by atoms with Crippen LogP contribution >= 0.6 is 0 Å². The van der Waals surface area contributed by atoms with Crippen molar-refractivity contribution in [3.63, 3.8) is 0 Å². The summed E-state index contributed by atoms with van der Waals surface area (Å²) < 4.78 is 11.2. The minimum absolute atomic E-state index is 0.627. The molecule has 0 radical (unpaired) electrons. The van der Waals surface area contributed by atoms with Crippen LogP contribution in [0.4, 0.5) is 0 Å². The Bertz CT molecular complexity index is 491. The van der Waals surface area contributed by atoms with Crippen molar-refractivity contribution in [3.05, 3.63) is 29.8 Å². The fourth-order valence-electron chi connectivity index (χ4n) is 2.08. The Morgan fingerprint density at radius 3 is 2.74 bits per heavy atom. The molecule has 0 bridgehead atoms. The highest BCUT2D eigenvalue weighted by Crippen LogP contribution is 2.33. The van der Waals surface area contributed by atoms with Gasteiger partial charge in [-0.05, 0) is 29.7 Å². The Morgan fingerprint density at radius 2 is 2.05 bits per heavy atom. The van der Waals surface area contributed by atoms with Gasteiger partial charge in [-0.3, -0.25) is 0 Å². The molecule has 1 aliphatic rings. The molecule has 1 N–H and O–H groups in total. The lowest BCUT2D eigenvalue weighted by atomic mass is 10.0. The van der Waals surface area contributed by atoms with Gasteiger partial charge in [0.25, 0.3) is 0 Å². The van der Waals surface area contributed by atoms with E-state index in [4.69, 9.17) is 14.6 Å². The molecule has 4 heteroatoms. The molecule has 1 aliphatic heterocycles. The molecule has 1 aromatic carbocycles. The fraction of sp³-hybridized carbons (Fsp3) is 0.400. The van der Waals surface area contributed by atoms with Crippen molar-refractivity contribution in [2.75, 3.05) is 13.2 Å². The van der Waals surface area contributed by atoms with E-state index in [1.807, 2.05) is 25.1 Å². The van der Waals surface area contributed by atoms with Crippen molar-refractivity contribution in [2.24, 2.45) is 0 Å². The average Bonchev–Trinajstić information content (AvgIpc) is 2.62. The maximum absolute atomic E-state index is 10.9. The van der Waals surface area contributed by atoms with E-state index in [0.29, 0.717) is 19.0 Å². The Hall–Kier alpha value is -1.97. The number of aliphatic carboxylic acids is 1. The zero-order chi connectivity index (χ0) is 13.7. The molecule has 19 heavy (non-hydrogen) atoms. The smallest absolute Gasteiger partial charge is 0.328 e. The van der Waals surface area contributed by atoms with Crippen LogP contribution in [0.5, 0.6) is 11.5 Å². The lowest BCUT2D eigenvalue weighted by Gasteiger charge is -2.11. The normalized spacial score (nSPS) is 14.9. The monoisotopic (exact) mass is 262 g/mol. The predicted octanol–water partition coefficient (Wildman–Crippen LogP) is 3.12. The number of hydrogen-bond acceptors (Lipinski definition) is 3. The third kappa shape index (κ3) is 3.50. The molecule has 0 spiro atoms. The first-order valence-electron chi connectivity index (χ1n) is 6.54. The molecular weight excluding hydrogens is 244 g/mol. The van der Waals surface area contributed by atoms with E-state index in [0.717, 1.165) is 36.1 Å². The van der Waals surface area contributed by atoms with Crippen molar-refractivity contribution in [2.45, 2.75) is 26.2 Å². The summed E-state index contributed by atoms with van der Waals surface area (Å²) in [5.41, 5.74) is 1.69. The molecule has 1 aromatic rings. The minimum atomic E-state index is -0.921. The standard InChI is InChI=1S/C15H18O4/c1-2-4-11(10-15(16)17)12-5-6-13-14(9-12)19-8-3-7-18-13/h5-6,9-10H,2-4,7-8H2,1H3,(H,16,17)/b11-10+. The molecule has 0 unspecified atom stereocenters. The Morgan fingerprint density at radius 1 is 1.32 bits per heavy atom. The molecule has 4 nitrogen and oxygen atoms in total. The molecular formula is C15H18O4. The zero-order valence-electron chi connectivity index (χ0n) is 11.0. The van der Waals surface area contributed by atoms with E-state index in [2.05, 4.69) is 0 Å². The summed E-state index contributed by atoms with van der Waals surface area (Å²) in [6, 6.07) is 5.60. The average molecular weight is 262 g/mol. The van der Waals surface area contributed by atoms with Crippen LogP contribution in [-0.2, 0) is 4.79 Å². The predicted molar refractivity (Wildman–Crippen MR) is 72.6 cm³/mol. The largest absolute Gasteiger partial charge is 0.490 e. The Kier molecular flexibility index (Phi) is 4.44. The molecule has 0 atom stereocenters. The van der Waals surface area contributed by atoms with Gasteiger partial charge in [0.15, 0.2) is 11.5 Å². The third-order valence-electron chi connectivity index (χ3n) is 2.94. The van der Waals surface area contributed by atoms with E-state index in [-0.39, 0.29) is 0 Å². The number of rotatable bonds is 4. The Balaban J connectivity index is 2.33. The number of benzene rings is 1. The lowest BCUT2D eigenvalue weighted by molar-refractivity contribution is -0.131. The van der Waals surface area contributed by atoms with Gasteiger partial charge in [0.05, 0.1) is 13.2 Å². The van der Waals surface area contributed by atoms with Crippen molar-refractivity contribution in [1.29, 1.82) is 0 Å². The van der Waals surface area contributed by atoms with Gasteiger partial charge < -0.3 is 14.6 Å². The topological polar surface area (TPSA) is 55.8 Å². The van der Waals surface area contributed by atoms with Crippen LogP contribution in [0.2, 0.25) is 0 Å². The molecule has 0 saturated carbocycles. The number of carboxylic acids is 1. The van der Waals surface area contributed by atoms with Crippen molar-refractivity contribution in [1.82, 2.24) is 0 Å². The number of carboxylic acid groups (broad SMARTS) is 1. The summed E-state index contributed by atoms with van der Waals surface area (Å²) in [4.78, 5) is 10.9. The number of hydrogen-bond donors (Lipinski definition) is 1. The van der Waals surface area contributed by atoms with E-state index in [9.17, 15) is 4.79 Å². The molecule has 2 rings (SSSR count). The van der Waals surface area contributed by atoms with Gasteiger partial charge in [-0.15, -0.1) is 0 Å². The minimum Gasteiger partial charge on any atom is -0.490 e. The second kappa shape index (κ2) is 6.27. The third-order valence-corrected chi connectivity index (χ3v) is 2.94. The van der Waals surface area contributed by atoms with Crippen LogP contribution in [0.15, 0.2) is 24.3 Å². The highest BCUT2D eigenvalue weighted by molar-refractivity contribution is 5.90. The van der Waals surface area contributed by atoms with E-state index in [1.54, 1.807) is 0 Å². The van der Waals surface area contributed by atoms with Crippen LogP contribution < -0.4 is 9.47 Å². The number of allylic oxidation sites excluding steroid dienone is 1. The van der Waals surface area contributed by atoms with Crippen LogP contribution in [-0.4, -0.2) is 24.3 Å². The van der Waals surface area contributed by atoms with E-state index in [1.165, 1.54) is 6.08 Å². The first-order chi connectivity index (χ1) is 9.20. The van der Waals surface area contributed by atoms with Gasteiger partial charge in [-0.25, -0.2) is 4.79 Å². The van der Waals surface area contributed by atoms with Crippen LogP contribution in [0.3, 0.4) is 0 Å². The van der Waals surface area contributed by atoms with Crippen LogP contribution in [0.25, 0.3) is 5.57 Å². The van der Waals surface area contributed by atoms with E-state index < -0.39 is 5.97 Å². The number of fused-ring (bicyclic) bond motifs is 1. The molecule has 0 saturated heterocycles.